The molecule has 92 valence electrons. The third-order valence-electron chi connectivity index (χ3n) is 3.15. The smallest absolute Gasteiger partial charge is 0.314 e. The third-order valence-corrected chi connectivity index (χ3v) is 3.15. The standard InChI is InChI=1S/C12H13FO4/c1-16-9-6-7(5-8(13)10(9)17-2)12(3-4-12)11(14)15/h5-6H,3-4H2,1-2H3,(H,14,15). The number of halogens is 1. The Morgan fingerprint density at radius 2 is 2.00 bits per heavy atom. The molecule has 1 N–H and O–H groups in total. The summed E-state index contributed by atoms with van der Waals surface area (Å²) in [6, 6.07) is 2.74. The van der Waals surface area contributed by atoms with Crippen molar-refractivity contribution in [1.29, 1.82) is 0 Å². The van der Waals surface area contributed by atoms with E-state index in [1.807, 2.05) is 0 Å². The molecule has 1 saturated carbocycles. The molecule has 0 bridgehead atoms. The number of carboxylic acids is 1. The summed E-state index contributed by atoms with van der Waals surface area (Å²) in [5.41, 5.74) is -0.513. The molecular weight excluding hydrogens is 227 g/mol. The van der Waals surface area contributed by atoms with Crippen LogP contribution >= 0.6 is 0 Å². The van der Waals surface area contributed by atoms with Crippen LogP contribution in [0.1, 0.15) is 18.4 Å². The van der Waals surface area contributed by atoms with Crippen LogP contribution < -0.4 is 9.47 Å². The summed E-state index contributed by atoms with van der Waals surface area (Å²) in [7, 11) is 2.73. The Morgan fingerprint density at radius 1 is 1.35 bits per heavy atom. The van der Waals surface area contributed by atoms with E-state index in [1.165, 1.54) is 26.4 Å². The van der Waals surface area contributed by atoms with Crippen LogP contribution in [0.2, 0.25) is 0 Å². The minimum Gasteiger partial charge on any atom is -0.493 e. The molecule has 0 saturated heterocycles. The lowest BCUT2D eigenvalue weighted by atomic mass is 9.95. The number of methoxy groups -OCH3 is 2. The fourth-order valence-electron chi connectivity index (χ4n) is 1.95. The Balaban J connectivity index is 2.51. The average molecular weight is 240 g/mol. The van der Waals surface area contributed by atoms with Crippen LogP contribution in [0.4, 0.5) is 4.39 Å². The summed E-state index contributed by atoms with van der Waals surface area (Å²) in [6.45, 7) is 0. The first kappa shape index (κ1) is 11.7. The van der Waals surface area contributed by atoms with Crippen molar-refractivity contribution in [2.24, 2.45) is 0 Å². The second-order valence-electron chi connectivity index (χ2n) is 4.08. The van der Waals surface area contributed by atoms with Crippen molar-refractivity contribution in [3.8, 4) is 11.5 Å². The van der Waals surface area contributed by atoms with E-state index < -0.39 is 17.2 Å². The van der Waals surface area contributed by atoms with Gasteiger partial charge in [0.2, 0.25) is 0 Å². The first-order chi connectivity index (χ1) is 8.05. The molecule has 2 rings (SSSR count). The first-order valence-corrected chi connectivity index (χ1v) is 5.20. The molecular formula is C12H13FO4. The number of rotatable bonds is 4. The largest absolute Gasteiger partial charge is 0.493 e. The lowest BCUT2D eigenvalue weighted by Crippen LogP contribution is -2.19. The van der Waals surface area contributed by atoms with E-state index in [0.29, 0.717) is 18.4 Å². The summed E-state index contributed by atoms with van der Waals surface area (Å²) >= 11 is 0. The van der Waals surface area contributed by atoms with Crippen molar-refractivity contribution in [1.82, 2.24) is 0 Å². The van der Waals surface area contributed by atoms with Crippen LogP contribution in [-0.4, -0.2) is 25.3 Å². The van der Waals surface area contributed by atoms with E-state index >= 15 is 0 Å². The van der Waals surface area contributed by atoms with Crippen LogP contribution in [0, 0.1) is 5.82 Å². The highest BCUT2D eigenvalue weighted by atomic mass is 19.1. The molecule has 17 heavy (non-hydrogen) atoms. The lowest BCUT2D eigenvalue weighted by molar-refractivity contribution is -0.140. The molecule has 0 unspecified atom stereocenters. The predicted octanol–water partition coefficient (Wildman–Crippen LogP) is 1.96. The molecule has 4 nitrogen and oxygen atoms in total. The summed E-state index contributed by atoms with van der Waals surface area (Å²) in [5, 5.41) is 9.14. The molecule has 1 aliphatic carbocycles. The van der Waals surface area contributed by atoms with E-state index in [9.17, 15) is 9.18 Å². The van der Waals surface area contributed by atoms with Crippen LogP contribution in [0.25, 0.3) is 0 Å². The minimum absolute atomic E-state index is 0.00237. The van der Waals surface area contributed by atoms with E-state index in [-0.39, 0.29) is 11.5 Å². The summed E-state index contributed by atoms with van der Waals surface area (Å²) < 4.78 is 23.6. The fourth-order valence-corrected chi connectivity index (χ4v) is 1.95. The van der Waals surface area contributed by atoms with E-state index in [1.54, 1.807) is 0 Å². The highest BCUT2D eigenvalue weighted by Crippen LogP contribution is 2.50. The molecule has 1 fully saturated rings. The Hall–Kier alpha value is -1.78. The summed E-state index contributed by atoms with van der Waals surface area (Å²) in [4.78, 5) is 11.2. The lowest BCUT2D eigenvalue weighted by Gasteiger charge is -2.14. The molecule has 1 aromatic carbocycles. The van der Waals surface area contributed by atoms with Crippen molar-refractivity contribution < 1.29 is 23.8 Å². The molecule has 0 amide bonds. The number of aliphatic carboxylic acids is 1. The number of hydrogen-bond acceptors (Lipinski definition) is 3. The van der Waals surface area contributed by atoms with Crippen molar-refractivity contribution in [2.75, 3.05) is 14.2 Å². The fraction of sp³-hybridized carbons (Fsp3) is 0.417. The third kappa shape index (κ3) is 1.71. The van der Waals surface area contributed by atoms with Gasteiger partial charge >= 0.3 is 5.97 Å². The van der Waals surface area contributed by atoms with Gasteiger partial charge in [-0.2, -0.15) is 0 Å². The van der Waals surface area contributed by atoms with Gasteiger partial charge in [0, 0.05) is 0 Å². The Kier molecular flexibility index (Phi) is 2.69. The number of carbonyl (C=O) groups is 1. The van der Waals surface area contributed by atoms with Crippen LogP contribution in [0.3, 0.4) is 0 Å². The van der Waals surface area contributed by atoms with Gasteiger partial charge in [-0.05, 0) is 30.5 Å². The van der Waals surface area contributed by atoms with Gasteiger partial charge in [0.05, 0.1) is 19.6 Å². The van der Waals surface area contributed by atoms with E-state index in [2.05, 4.69) is 0 Å². The van der Waals surface area contributed by atoms with Gasteiger partial charge in [-0.25, -0.2) is 4.39 Å². The maximum Gasteiger partial charge on any atom is 0.314 e. The maximum atomic E-state index is 13.7. The van der Waals surface area contributed by atoms with Crippen LogP contribution in [0.15, 0.2) is 12.1 Å². The number of benzene rings is 1. The SMILES string of the molecule is COc1cc(C2(C(=O)O)CC2)cc(F)c1OC. The van der Waals surface area contributed by atoms with Gasteiger partial charge < -0.3 is 14.6 Å². The normalized spacial score (nSPS) is 16.4. The second-order valence-corrected chi connectivity index (χ2v) is 4.08. The van der Waals surface area contributed by atoms with Gasteiger partial charge in [0.25, 0.3) is 0 Å². The van der Waals surface area contributed by atoms with Gasteiger partial charge in [0.1, 0.15) is 0 Å². The van der Waals surface area contributed by atoms with Gasteiger partial charge in [-0.15, -0.1) is 0 Å². The summed E-state index contributed by atoms with van der Waals surface area (Å²) in [5.74, 6) is -1.31. The molecule has 0 aromatic heterocycles. The number of hydrogen-bond donors (Lipinski definition) is 1. The van der Waals surface area contributed by atoms with Crippen LogP contribution in [0.5, 0.6) is 11.5 Å². The predicted molar refractivity (Wildman–Crippen MR) is 58.1 cm³/mol. The molecule has 5 heteroatoms. The van der Waals surface area contributed by atoms with Crippen molar-refractivity contribution in [3.63, 3.8) is 0 Å². The van der Waals surface area contributed by atoms with E-state index in [4.69, 9.17) is 14.6 Å². The molecule has 0 atom stereocenters. The molecule has 0 aliphatic heterocycles. The summed E-state index contributed by atoms with van der Waals surface area (Å²) in [6.07, 6.45) is 1.05. The number of ether oxygens (including phenoxy) is 2. The Morgan fingerprint density at radius 3 is 2.41 bits per heavy atom. The van der Waals surface area contributed by atoms with E-state index in [0.717, 1.165) is 0 Å². The quantitative estimate of drug-likeness (QED) is 0.874. The second kappa shape index (κ2) is 3.91. The average Bonchev–Trinajstić information content (AvgIpc) is 3.08. The molecule has 1 aromatic rings. The topological polar surface area (TPSA) is 55.8 Å². The molecule has 0 radical (unpaired) electrons. The maximum absolute atomic E-state index is 13.7. The van der Waals surface area contributed by atoms with Crippen molar-refractivity contribution in [2.45, 2.75) is 18.3 Å². The Bertz CT molecular complexity index is 466. The van der Waals surface area contributed by atoms with Crippen molar-refractivity contribution in [3.05, 3.63) is 23.5 Å². The zero-order chi connectivity index (χ0) is 12.6. The van der Waals surface area contributed by atoms with Crippen molar-refractivity contribution >= 4 is 5.97 Å². The first-order valence-electron chi connectivity index (χ1n) is 5.20. The molecule has 0 heterocycles. The van der Waals surface area contributed by atoms with Gasteiger partial charge in [0.15, 0.2) is 17.3 Å². The van der Waals surface area contributed by atoms with Crippen LogP contribution in [-0.2, 0) is 10.2 Å². The zero-order valence-corrected chi connectivity index (χ0v) is 9.62. The highest BCUT2D eigenvalue weighted by molar-refractivity contribution is 5.85. The zero-order valence-electron chi connectivity index (χ0n) is 9.62. The molecule has 0 spiro atoms. The Labute approximate surface area is 98.0 Å². The highest BCUT2D eigenvalue weighted by Gasteiger charge is 2.52. The van der Waals surface area contributed by atoms with Gasteiger partial charge in [-0.1, -0.05) is 0 Å². The monoisotopic (exact) mass is 240 g/mol. The van der Waals surface area contributed by atoms with Gasteiger partial charge in [-0.3, -0.25) is 4.79 Å². The number of carboxylic acid groups (broad SMARTS) is 1. The molecule has 1 aliphatic rings. The minimum atomic E-state index is -0.944.